The SMILES string of the molecule is CCCCOC(=O)N1CCC(C#Cc2ccc3c4cnccc4n(C)c3c2)CC1. The second kappa shape index (κ2) is 8.57. The van der Waals surface area contributed by atoms with E-state index in [-0.39, 0.29) is 6.09 Å². The van der Waals surface area contributed by atoms with Crippen LogP contribution >= 0.6 is 0 Å². The van der Waals surface area contributed by atoms with Crippen LogP contribution in [0.3, 0.4) is 0 Å². The predicted molar refractivity (Wildman–Crippen MR) is 116 cm³/mol. The van der Waals surface area contributed by atoms with Gasteiger partial charge in [-0.05, 0) is 37.5 Å². The van der Waals surface area contributed by atoms with Gasteiger partial charge in [-0.25, -0.2) is 4.79 Å². The van der Waals surface area contributed by atoms with Crippen molar-refractivity contribution in [1.29, 1.82) is 0 Å². The average molecular weight is 389 g/mol. The number of nitrogens with zero attached hydrogens (tertiary/aromatic N) is 3. The normalized spacial score (nSPS) is 14.8. The minimum Gasteiger partial charge on any atom is -0.449 e. The van der Waals surface area contributed by atoms with E-state index in [0.29, 0.717) is 12.5 Å². The second-order valence-corrected chi connectivity index (χ2v) is 7.68. The molecule has 3 heterocycles. The molecule has 4 rings (SSSR count). The smallest absolute Gasteiger partial charge is 0.409 e. The maximum Gasteiger partial charge on any atom is 0.409 e. The fourth-order valence-electron chi connectivity index (χ4n) is 3.92. The van der Waals surface area contributed by atoms with Gasteiger partial charge in [0.1, 0.15) is 0 Å². The Kier molecular flexibility index (Phi) is 5.71. The van der Waals surface area contributed by atoms with Gasteiger partial charge in [0.2, 0.25) is 0 Å². The minimum absolute atomic E-state index is 0.180. The number of carbonyl (C=O) groups excluding carboxylic acids is 1. The number of rotatable bonds is 3. The Balaban J connectivity index is 1.42. The molecular formula is C24H27N3O2. The number of benzene rings is 1. The number of fused-ring (bicyclic) bond motifs is 3. The molecule has 29 heavy (non-hydrogen) atoms. The standard InChI is InChI=1S/C24H27N3O2/c1-3-4-15-29-24(28)27-13-10-18(11-14-27)5-6-19-7-8-20-21-17-25-12-9-22(21)26(2)23(20)16-19/h7-9,12,16-18H,3-4,10-11,13-15H2,1-2H3. The van der Waals surface area contributed by atoms with Crippen molar-refractivity contribution in [2.24, 2.45) is 13.0 Å². The van der Waals surface area contributed by atoms with E-state index in [1.54, 1.807) is 0 Å². The molecule has 5 nitrogen and oxygen atoms in total. The van der Waals surface area contributed by atoms with Crippen LogP contribution in [0.1, 0.15) is 38.2 Å². The van der Waals surface area contributed by atoms with Crippen LogP contribution in [0.5, 0.6) is 0 Å². The lowest BCUT2D eigenvalue weighted by Gasteiger charge is -2.29. The lowest BCUT2D eigenvalue weighted by atomic mass is 9.97. The number of piperidine rings is 1. The summed E-state index contributed by atoms with van der Waals surface area (Å²) in [5, 5.41) is 2.37. The fraction of sp³-hybridized carbons (Fsp3) is 0.417. The van der Waals surface area contributed by atoms with Gasteiger partial charge in [0.25, 0.3) is 0 Å². The highest BCUT2D eigenvalue weighted by Crippen LogP contribution is 2.28. The molecule has 3 aromatic rings. The first-order valence-corrected chi connectivity index (χ1v) is 10.4. The van der Waals surface area contributed by atoms with Crippen molar-refractivity contribution in [2.75, 3.05) is 19.7 Å². The summed E-state index contributed by atoms with van der Waals surface area (Å²) in [7, 11) is 2.08. The van der Waals surface area contributed by atoms with Gasteiger partial charge in [0.15, 0.2) is 0 Å². The summed E-state index contributed by atoms with van der Waals surface area (Å²) < 4.78 is 7.50. The number of amides is 1. The van der Waals surface area contributed by atoms with Crippen molar-refractivity contribution in [1.82, 2.24) is 14.5 Å². The number of likely N-dealkylation sites (tertiary alicyclic amines) is 1. The van der Waals surface area contributed by atoms with E-state index in [1.165, 1.54) is 21.8 Å². The largest absolute Gasteiger partial charge is 0.449 e. The van der Waals surface area contributed by atoms with Crippen molar-refractivity contribution in [3.05, 3.63) is 42.2 Å². The Labute approximate surface area is 171 Å². The minimum atomic E-state index is -0.180. The van der Waals surface area contributed by atoms with Gasteiger partial charge >= 0.3 is 6.09 Å². The van der Waals surface area contributed by atoms with E-state index in [0.717, 1.165) is 44.3 Å². The first kappa shape index (κ1) is 19.3. The zero-order valence-electron chi connectivity index (χ0n) is 17.1. The molecule has 0 aliphatic carbocycles. The van der Waals surface area contributed by atoms with Crippen molar-refractivity contribution in [2.45, 2.75) is 32.6 Å². The van der Waals surface area contributed by atoms with Gasteiger partial charge in [-0.1, -0.05) is 31.3 Å². The summed E-state index contributed by atoms with van der Waals surface area (Å²) >= 11 is 0. The number of hydrogen-bond donors (Lipinski definition) is 0. The van der Waals surface area contributed by atoms with Gasteiger partial charge in [-0.2, -0.15) is 0 Å². The van der Waals surface area contributed by atoms with Crippen LogP contribution < -0.4 is 0 Å². The summed E-state index contributed by atoms with van der Waals surface area (Å²) in [6.07, 6.45) is 7.33. The van der Waals surface area contributed by atoms with Gasteiger partial charge in [-0.15, -0.1) is 0 Å². The van der Waals surface area contributed by atoms with Crippen LogP contribution in [0, 0.1) is 17.8 Å². The number of aryl methyl sites for hydroxylation is 1. The summed E-state index contributed by atoms with van der Waals surface area (Å²) in [6, 6.07) is 8.42. The highest BCUT2D eigenvalue weighted by atomic mass is 16.6. The maximum absolute atomic E-state index is 12.1. The quantitative estimate of drug-likeness (QED) is 0.481. The van der Waals surface area contributed by atoms with Crippen molar-refractivity contribution < 1.29 is 9.53 Å². The monoisotopic (exact) mass is 389 g/mol. The Morgan fingerprint density at radius 1 is 1.21 bits per heavy atom. The van der Waals surface area contributed by atoms with E-state index in [9.17, 15) is 4.79 Å². The first-order valence-electron chi connectivity index (χ1n) is 10.4. The van der Waals surface area contributed by atoms with E-state index < -0.39 is 0 Å². The van der Waals surface area contributed by atoms with Crippen molar-refractivity contribution >= 4 is 27.9 Å². The number of ether oxygens (including phenoxy) is 1. The van der Waals surface area contributed by atoms with E-state index in [1.807, 2.05) is 23.4 Å². The third kappa shape index (κ3) is 4.07. The molecule has 0 saturated carbocycles. The first-order chi connectivity index (χ1) is 14.2. The number of pyridine rings is 1. The topological polar surface area (TPSA) is 47.4 Å². The van der Waals surface area contributed by atoms with Gasteiger partial charge in [0.05, 0.1) is 17.6 Å². The summed E-state index contributed by atoms with van der Waals surface area (Å²) in [5.74, 6) is 7.09. The van der Waals surface area contributed by atoms with E-state index in [2.05, 4.69) is 53.6 Å². The Bertz CT molecular complexity index is 1080. The average Bonchev–Trinajstić information content (AvgIpc) is 3.05. The highest BCUT2D eigenvalue weighted by molar-refractivity contribution is 6.07. The van der Waals surface area contributed by atoms with Crippen molar-refractivity contribution in [3.8, 4) is 11.8 Å². The lowest BCUT2D eigenvalue weighted by Crippen LogP contribution is -2.38. The van der Waals surface area contributed by atoms with Crippen LogP contribution in [-0.2, 0) is 11.8 Å². The van der Waals surface area contributed by atoms with Gasteiger partial charge < -0.3 is 14.2 Å². The zero-order chi connectivity index (χ0) is 20.2. The van der Waals surface area contributed by atoms with Crippen LogP contribution in [0.2, 0.25) is 0 Å². The summed E-state index contributed by atoms with van der Waals surface area (Å²) in [5.41, 5.74) is 3.38. The third-order valence-electron chi connectivity index (χ3n) is 5.71. The van der Waals surface area contributed by atoms with E-state index in [4.69, 9.17) is 4.74 Å². The third-order valence-corrected chi connectivity index (χ3v) is 5.71. The molecule has 150 valence electrons. The van der Waals surface area contributed by atoms with Crippen LogP contribution in [0.15, 0.2) is 36.7 Å². The number of hydrogen-bond acceptors (Lipinski definition) is 3. The summed E-state index contributed by atoms with van der Waals surface area (Å²) in [4.78, 5) is 18.1. The van der Waals surface area contributed by atoms with Gasteiger partial charge in [-0.3, -0.25) is 4.98 Å². The van der Waals surface area contributed by atoms with Gasteiger partial charge in [0, 0.05) is 54.8 Å². The highest BCUT2D eigenvalue weighted by Gasteiger charge is 2.22. The maximum atomic E-state index is 12.1. The molecule has 2 aromatic heterocycles. The predicted octanol–water partition coefficient (Wildman–Crippen LogP) is 4.73. The Hall–Kier alpha value is -3.00. The molecule has 0 radical (unpaired) electrons. The van der Waals surface area contributed by atoms with Crippen LogP contribution in [0.25, 0.3) is 21.8 Å². The molecule has 1 aliphatic rings. The molecule has 0 bridgehead atoms. The molecule has 1 fully saturated rings. The summed E-state index contributed by atoms with van der Waals surface area (Å²) in [6.45, 7) is 4.05. The molecule has 0 N–H and O–H groups in total. The number of unbranched alkanes of at least 4 members (excludes halogenated alkanes) is 1. The molecule has 5 heteroatoms. The second-order valence-electron chi connectivity index (χ2n) is 7.68. The van der Waals surface area contributed by atoms with E-state index >= 15 is 0 Å². The molecular weight excluding hydrogens is 362 g/mol. The Morgan fingerprint density at radius 3 is 2.83 bits per heavy atom. The molecule has 1 saturated heterocycles. The molecule has 1 aromatic carbocycles. The molecule has 0 atom stereocenters. The molecule has 1 amide bonds. The number of aromatic nitrogens is 2. The molecule has 1 aliphatic heterocycles. The van der Waals surface area contributed by atoms with Crippen LogP contribution in [-0.4, -0.2) is 40.2 Å². The molecule has 0 unspecified atom stereocenters. The fourth-order valence-corrected chi connectivity index (χ4v) is 3.92. The zero-order valence-corrected chi connectivity index (χ0v) is 17.1. The number of carbonyl (C=O) groups is 1. The lowest BCUT2D eigenvalue weighted by molar-refractivity contribution is 0.0905. The van der Waals surface area contributed by atoms with Crippen molar-refractivity contribution in [3.63, 3.8) is 0 Å². The van der Waals surface area contributed by atoms with Crippen LogP contribution in [0.4, 0.5) is 4.79 Å². The Morgan fingerprint density at radius 2 is 2.03 bits per heavy atom. The molecule has 0 spiro atoms.